The van der Waals surface area contributed by atoms with E-state index in [2.05, 4.69) is 4.52 Å². The fourth-order valence-electron chi connectivity index (χ4n) is 0.331. The van der Waals surface area contributed by atoms with E-state index in [1.54, 1.807) is 0 Å². The molecule has 3 atom stereocenters. The zero-order valence-electron chi connectivity index (χ0n) is 4.90. The van der Waals surface area contributed by atoms with Crippen LogP contribution in [0.3, 0.4) is 0 Å². The number of aliphatic hydroxyl groups is 3. The predicted molar refractivity (Wildman–Crippen MR) is 34.8 cm³/mol. The number of hydrogen-bond acceptors (Lipinski definition) is 4. The van der Waals surface area contributed by atoms with Crippen LogP contribution in [0, 0.1) is 0 Å². The lowest BCUT2D eigenvalue weighted by Crippen LogP contribution is -2.32. The van der Waals surface area contributed by atoms with E-state index in [0.717, 1.165) is 0 Å². The molecule has 0 saturated carbocycles. The van der Waals surface area contributed by atoms with Crippen LogP contribution < -0.4 is 0 Å². The van der Waals surface area contributed by atoms with Crippen molar-refractivity contribution in [1.82, 2.24) is 0 Å². The van der Waals surface area contributed by atoms with E-state index in [0.29, 0.717) is 0 Å². The van der Waals surface area contributed by atoms with Gasteiger partial charge in [-0.2, -0.15) is 0 Å². The Bertz CT molecular complexity index is 69.6. The smallest absolute Gasteiger partial charge is 0.106 e. The van der Waals surface area contributed by atoms with Crippen molar-refractivity contribution < 1.29 is 19.8 Å². The minimum absolute atomic E-state index is 0.00634. The van der Waals surface area contributed by atoms with Gasteiger partial charge in [0.05, 0.1) is 13.2 Å². The number of rotatable bonds is 4. The Balaban J connectivity index is 3.32. The third-order valence-electron chi connectivity index (χ3n) is 0.898. The van der Waals surface area contributed by atoms with Crippen LogP contribution in [0.5, 0.6) is 0 Å². The summed E-state index contributed by atoms with van der Waals surface area (Å²) in [7, 11) is 1.94. The molecule has 0 heterocycles. The van der Waals surface area contributed by atoms with Crippen molar-refractivity contribution in [3.63, 3.8) is 0 Å². The maximum atomic E-state index is 8.77. The molecular weight excluding hydrogens is 143 g/mol. The molecule has 3 N–H and O–H groups in total. The summed E-state index contributed by atoms with van der Waals surface area (Å²) in [5.74, 6) is 0. The van der Waals surface area contributed by atoms with Gasteiger partial charge in [0.15, 0.2) is 0 Å². The molecule has 0 aliphatic rings. The Morgan fingerprint density at radius 2 is 1.89 bits per heavy atom. The molecule has 0 aromatic rings. The standard InChI is InChI=1S/C4H11O4P/c5-1-3(6)4(7)2-8-9/h3-7H,1-2,9H2/t3-,4?/m1/s1. The molecule has 56 valence electrons. The van der Waals surface area contributed by atoms with Crippen LogP contribution in [0.4, 0.5) is 0 Å². The largest absolute Gasteiger partial charge is 0.394 e. The molecule has 0 radical (unpaired) electrons. The molecule has 0 aromatic heterocycles. The molecule has 9 heavy (non-hydrogen) atoms. The van der Waals surface area contributed by atoms with Crippen LogP contribution >= 0.6 is 9.47 Å². The van der Waals surface area contributed by atoms with E-state index in [4.69, 9.17) is 15.3 Å². The second-order valence-electron chi connectivity index (χ2n) is 1.65. The Morgan fingerprint density at radius 3 is 2.22 bits per heavy atom. The van der Waals surface area contributed by atoms with E-state index in [1.807, 2.05) is 9.47 Å². The van der Waals surface area contributed by atoms with Crippen molar-refractivity contribution in [2.24, 2.45) is 0 Å². The SMILES string of the molecule is OC[C@@H](O)C(O)COP. The highest BCUT2D eigenvalue weighted by atomic mass is 31.0. The lowest BCUT2D eigenvalue weighted by Gasteiger charge is -2.13. The van der Waals surface area contributed by atoms with Crippen molar-refractivity contribution in [3.05, 3.63) is 0 Å². The molecule has 0 amide bonds. The Morgan fingerprint density at radius 1 is 1.33 bits per heavy atom. The van der Waals surface area contributed by atoms with Crippen LogP contribution in [0.15, 0.2) is 0 Å². The highest BCUT2D eigenvalue weighted by molar-refractivity contribution is 7.09. The van der Waals surface area contributed by atoms with Gasteiger partial charge in [0.1, 0.15) is 12.2 Å². The fraction of sp³-hybridized carbons (Fsp3) is 1.00. The van der Waals surface area contributed by atoms with Gasteiger partial charge in [-0.25, -0.2) is 0 Å². The molecule has 0 fully saturated rings. The second-order valence-corrected chi connectivity index (χ2v) is 1.98. The van der Waals surface area contributed by atoms with Gasteiger partial charge in [0.2, 0.25) is 0 Å². The summed E-state index contributed by atoms with van der Waals surface area (Å²) in [5.41, 5.74) is 0. The van der Waals surface area contributed by atoms with Gasteiger partial charge in [0.25, 0.3) is 0 Å². The first-order chi connectivity index (χ1) is 4.22. The lowest BCUT2D eigenvalue weighted by atomic mass is 10.2. The average molecular weight is 154 g/mol. The molecule has 0 rings (SSSR count). The first kappa shape index (κ1) is 9.27. The molecule has 4 nitrogen and oxygen atoms in total. The molecule has 0 aliphatic carbocycles. The predicted octanol–water partition coefficient (Wildman–Crippen LogP) is -1.49. The van der Waals surface area contributed by atoms with E-state index < -0.39 is 18.8 Å². The van der Waals surface area contributed by atoms with Crippen molar-refractivity contribution >= 4 is 9.47 Å². The molecule has 0 saturated heterocycles. The number of aliphatic hydroxyl groups excluding tert-OH is 3. The average Bonchev–Trinajstić information content (AvgIpc) is 1.87. The van der Waals surface area contributed by atoms with Crippen LogP contribution in [0.1, 0.15) is 0 Å². The van der Waals surface area contributed by atoms with Gasteiger partial charge in [-0.15, -0.1) is 0 Å². The van der Waals surface area contributed by atoms with Gasteiger partial charge in [-0.1, -0.05) is 0 Å². The van der Waals surface area contributed by atoms with Crippen molar-refractivity contribution in [3.8, 4) is 0 Å². The minimum Gasteiger partial charge on any atom is -0.394 e. The topological polar surface area (TPSA) is 69.9 Å². The highest BCUT2D eigenvalue weighted by Crippen LogP contribution is 1.95. The van der Waals surface area contributed by atoms with Crippen LogP contribution in [0.25, 0.3) is 0 Å². The van der Waals surface area contributed by atoms with E-state index in [-0.39, 0.29) is 6.61 Å². The first-order valence-corrected chi connectivity index (χ1v) is 2.98. The monoisotopic (exact) mass is 154 g/mol. The summed E-state index contributed by atoms with van der Waals surface area (Å²) < 4.78 is 4.42. The quantitative estimate of drug-likeness (QED) is 0.431. The third kappa shape index (κ3) is 3.78. The summed E-state index contributed by atoms with van der Waals surface area (Å²) in [6.45, 7) is -0.443. The van der Waals surface area contributed by atoms with Crippen LogP contribution in [-0.4, -0.2) is 40.7 Å². The van der Waals surface area contributed by atoms with Gasteiger partial charge in [-0.05, 0) is 0 Å². The zero-order chi connectivity index (χ0) is 7.28. The summed E-state index contributed by atoms with van der Waals surface area (Å²) in [5, 5.41) is 25.7. The molecule has 0 bridgehead atoms. The van der Waals surface area contributed by atoms with Crippen molar-refractivity contribution in [2.45, 2.75) is 12.2 Å². The third-order valence-corrected chi connectivity index (χ3v) is 1.09. The summed E-state index contributed by atoms with van der Waals surface area (Å²) >= 11 is 0. The lowest BCUT2D eigenvalue weighted by molar-refractivity contribution is -0.0312. The van der Waals surface area contributed by atoms with Crippen LogP contribution in [-0.2, 0) is 4.52 Å². The Hall–Kier alpha value is 0.270. The normalized spacial score (nSPS) is 17.3. The van der Waals surface area contributed by atoms with E-state index in [1.165, 1.54) is 0 Å². The maximum Gasteiger partial charge on any atom is 0.106 e. The van der Waals surface area contributed by atoms with Crippen LogP contribution in [0.2, 0.25) is 0 Å². The van der Waals surface area contributed by atoms with Gasteiger partial charge < -0.3 is 19.8 Å². The minimum atomic E-state index is -1.11. The number of hydrogen-bond donors (Lipinski definition) is 3. The molecular formula is C4H11O4P. The van der Waals surface area contributed by atoms with Crippen molar-refractivity contribution in [1.29, 1.82) is 0 Å². The summed E-state index contributed by atoms with van der Waals surface area (Å²) in [4.78, 5) is 0. The summed E-state index contributed by atoms with van der Waals surface area (Å²) in [6.07, 6.45) is -2.11. The van der Waals surface area contributed by atoms with E-state index in [9.17, 15) is 0 Å². The van der Waals surface area contributed by atoms with Gasteiger partial charge in [-0.3, -0.25) is 0 Å². The Labute approximate surface area is 55.7 Å². The molecule has 0 spiro atoms. The molecule has 0 aliphatic heterocycles. The Kier molecular flexibility index (Phi) is 5.24. The van der Waals surface area contributed by atoms with Gasteiger partial charge >= 0.3 is 0 Å². The van der Waals surface area contributed by atoms with Crippen molar-refractivity contribution in [2.75, 3.05) is 13.2 Å². The molecule has 0 aromatic carbocycles. The van der Waals surface area contributed by atoms with Gasteiger partial charge in [0, 0.05) is 9.47 Å². The molecule has 2 unspecified atom stereocenters. The summed E-state index contributed by atoms with van der Waals surface area (Å²) in [6, 6.07) is 0. The molecule has 5 heteroatoms. The fourth-order valence-corrected chi connectivity index (χ4v) is 0.529. The maximum absolute atomic E-state index is 8.77. The first-order valence-electron chi connectivity index (χ1n) is 2.51. The second kappa shape index (κ2) is 5.09. The highest BCUT2D eigenvalue weighted by Gasteiger charge is 2.13. The van der Waals surface area contributed by atoms with E-state index >= 15 is 0 Å². The zero-order valence-corrected chi connectivity index (χ0v) is 6.05.